The molecule has 0 radical (unpaired) electrons. The number of hydrogen-bond acceptors (Lipinski definition) is 5. The number of nitrogens with zero attached hydrogens (tertiary/aromatic N) is 1. The summed E-state index contributed by atoms with van der Waals surface area (Å²) in [7, 11) is 1.87. The number of halogens is 2. The number of ether oxygens (including phenoxy) is 1. The zero-order valence-corrected chi connectivity index (χ0v) is 16.6. The summed E-state index contributed by atoms with van der Waals surface area (Å²) in [5.74, 6) is -0.0462. The molecular formula is C17H28Cl2N4O3. The van der Waals surface area contributed by atoms with E-state index in [0.29, 0.717) is 26.2 Å². The highest BCUT2D eigenvalue weighted by Crippen LogP contribution is 2.14. The maximum atomic E-state index is 12.0. The lowest BCUT2D eigenvalue weighted by Crippen LogP contribution is -2.41. The minimum atomic E-state index is -0.0410. The van der Waals surface area contributed by atoms with Crippen molar-refractivity contribution in [3.63, 3.8) is 0 Å². The first-order valence-corrected chi connectivity index (χ1v) is 8.32. The van der Waals surface area contributed by atoms with Crippen LogP contribution in [0.1, 0.15) is 12.8 Å². The number of carbonyl (C=O) groups excluding carboxylic acids is 2. The van der Waals surface area contributed by atoms with E-state index >= 15 is 0 Å². The molecule has 0 atom stereocenters. The molecule has 0 bridgehead atoms. The summed E-state index contributed by atoms with van der Waals surface area (Å²) >= 11 is 0. The highest BCUT2D eigenvalue weighted by molar-refractivity contribution is 5.93. The van der Waals surface area contributed by atoms with Gasteiger partial charge in [-0.25, -0.2) is 0 Å². The van der Waals surface area contributed by atoms with Gasteiger partial charge in [0.05, 0.1) is 19.8 Å². The van der Waals surface area contributed by atoms with Gasteiger partial charge in [-0.2, -0.15) is 0 Å². The number of benzene rings is 1. The van der Waals surface area contributed by atoms with E-state index < -0.39 is 0 Å². The number of anilines is 2. The van der Waals surface area contributed by atoms with E-state index in [-0.39, 0.29) is 36.6 Å². The van der Waals surface area contributed by atoms with Crippen LogP contribution in [0.4, 0.5) is 11.4 Å². The SMILES string of the molecule is CNCCCC(=O)Nc1ccc(NC(=O)CN2CCOCC2)cc1.Cl.Cl. The molecule has 0 saturated carbocycles. The number of rotatable bonds is 8. The topological polar surface area (TPSA) is 82.7 Å². The predicted molar refractivity (Wildman–Crippen MR) is 109 cm³/mol. The summed E-state index contributed by atoms with van der Waals surface area (Å²) in [6.45, 7) is 4.11. The van der Waals surface area contributed by atoms with Gasteiger partial charge >= 0.3 is 0 Å². The van der Waals surface area contributed by atoms with E-state index in [2.05, 4.69) is 20.9 Å². The zero-order chi connectivity index (χ0) is 17.2. The van der Waals surface area contributed by atoms with E-state index in [1.54, 1.807) is 24.3 Å². The van der Waals surface area contributed by atoms with Crippen molar-refractivity contribution in [2.45, 2.75) is 12.8 Å². The molecule has 9 heteroatoms. The van der Waals surface area contributed by atoms with Crippen LogP contribution in [0.5, 0.6) is 0 Å². The Kier molecular flexibility index (Phi) is 13.0. The van der Waals surface area contributed by atoms with Gasteiger partial charge in [0, 0.05) is 30.9 Å². The molecule has 148 valence electrons. The van der Waals surface area contributed by atoms with E-state index in [4.69, 9.17) is 4.74 Å². The minimum absolute atomic E-state index is 0. The summed E-state index contributed by atoms with van der Waals surface area (Å²) in [6, 6.07) is 7.17. The van der Waals surface area contributed by atoms with E-state index in [1.807, 2.05) is 7.05 Å². The van der Waals surface area contributed by atoms with Gasteiger partial charge < -0.3 is 20.7 Å². The van der Waals surface area contributed by atoms with Gasteiger partial charge in [-0.3, -0.25) is 14.5 Å². The van der Waals surface area contributed by atoms with Gasteiger partial charge in [0.25, 0.3) is 0 Å². The summed E-state index contributed by atoms with van der Waals surface area (Å²) in [4.78, 5) is 25.8. The molecule has 2 rings (SSSR count). The van der Waals surface area contributed by atoms with Crippen molar-refractivity contribution in [2.24, 2.45) is 0 Å². The van der Waals surface area contributed by atoms with Crippen LogP contribution in [0.25, 0.3) is 0 Å². The number of hydrogen-bond donors (Lipinski definition) is 3. The Labute approximate surface area is 167 Å². The van der Waals surface area contributed by atoms with Crippen LogP contribution in [0, 0.1) is 0 Å². The lowest BCUT2D eigenvalue weighted by Gasteiger charge is -2.25. The fourth-order valence-electron chi connectivity index (χ4n) is 2.45. The van der Waals surface area contributed by atoms with E-state index in [1.165, 1.54) is 0 Å². The van der Waals surface area contributed by atoms with Crippen LogP contribution in [-0.2, 0) is 14.3 Å². The smallest absolute Gasteiger partial charge is 0.238 e. The Morgan fingerprint density at radius 1 is 1.00 bits per heavy atom. The van der Waals surface area contributed by atoms with Crippen molar-refractivity contribution < 1.29 is 14.3 Å². The lowest BCUT2D eigenvalue weighted by atomic mass is 10.2. The van der Waals surface area contributed by atoms with E-state index in [0.717, 1.165) is 37.4 Å². The van der Waals surface area contributed by atoms with Crippen molar-refractivity contribution in [1.29, 1.82) is 0 Å². The van der Waals surface area contributed by atoms with Gasteiger partial charge in [-0.15, -0.1) is 24.8 Å². The van der Waals surface area contributed by atoms with Crippen LogP contribution in [0.3, 0.4) is 0 Å². The molecule has 1 aromatic rings. The second kappa shape index (κ2) is 13.8. The molecular weight excluding hydrogens is 379 g/mol. The fraction of sp³-hybridized carbons (Fsp3) is 0.529. The average Bonchev–Trinajstić information content (AvgIpc) is 2.58. The van der Waals surface area contributed by atoms with Crippen LogP contribution in [-0.4, -0.2) is 63.2 Å². The third-order valence-corrected chi connectivity index (χ3v) is 3.75. The number of amides is 2. The van der Waals surface area contributed by atoms with Gasteiger partial charge in [-0.05, 0) is 44.3 Å². The molecule has 1 saturated heterocycles. The molecule has 1 fully saturated rings. The molecule has 0 spiro atoms. The summed E-state index contributed by atoms with van der Waals surface area (Å²) in [5.41, 5.74) is 1.46. The van der Waals surface area contributed by atoms with Crippen molar-refractivity contribution >= 4 is 48.0 Å². The van der Waals surface area contributed by atoms with Crippen LogP contribution in [0.2, 0.25) is 0 Å². The van der Waals surface area contributed by atoms with Crippen LogP contribution in [0.15, 0.2) is 24.3 Å². The molecule has 7 nitrogen and oxygen atoms in total. The molecule has 0 unspecified atom stereocenters. The normalized spacial score (nSPS) is 13.9. The Balaban J connectivity index is 0.00000312. The number of morpholine rings is 1. The van der Waals surface area contributed by atoms with Gasteiger partial charge in [0.15, 0.2) is 0 Å². The standard InChI is InChI=1S/C17H26N4O3.2ClH/c1-18-8-2-3-16(22)19-14-4-6-15(7-5-14)20-17(23)13-21-9-11-24-12-10-21;;/h4-7,18H,2-3,8-13H2,1H3,(H,19,22)(H,20,23);2*1H. The highest BCUT2D eigenvalue weighted by Gasteiger charge is 2.14. The Hall–Kier alpha value is -1.38. The van der Waals surface area contributed by atoms with Gasteiger partial charge in [-0.1, -0.05) is 0 Å². The van der Waals surface area contributed by atoms with E-state index in [9.17, 15) is 9.59 Å². The molecule has 26 heavy (non-hydrogen) atoms. The van der Waals surface area contributed by atoms with Crippen molar-refractivity contribution in [1.82, 2.24) is 10.2 Å². The summed E-state index contributed by atoms with van der Waals surface area (Å²) < 4.78 is 5.26. The van der Waals surface area contributed by atoms with Crippen molar-refractivity contribution in [3.05, 3.63) is 24.3 Å². The summed E-state index contributed by atoms with van der Waals surface area (Å²) in [5, 5.41) is 8.73. The molecule has 1 aromatic carbocycles. The Morgan fingerprint density at radius 3 is 2.08 bits per heavy atom. The minimum Gasteiger partial charge on any atom is -0.379 e. The predicted octanol–water partition coefficient (Wildman–Crippen LogP) is 1.74. The average molecular weight is 407 g/mol. The third kappa shape index (κ3) is 9.35. The first-order valence-electron chi connectivity index (χ1n) is 8.32. The highest BCUT2D eigenvalue weighted by atomic mass is 35.5. The maximum Gasteiger partial charge on any atom is 0.238 e. The Morgan fingerprint density at radius 2 is 1.54 bits per heavy atom. The molecule has 1 heterocycles. The summed E-state index contributed by atoms with van der Waals surface area (Å²) in [6.07, 6.45) is 1.29. The fourth-order valence-corrected chi connectivity index (χ4v) is 2.45. The molecule has 1 aliphatic heterocycles. The quantitative estimate of drug-likeness (QED) is 0.572. The number of nitrogens with one attached hydrogen (secondary N) is 3. The van der Waals surface area contributed by atoms with Crippen molar-refractivity contribution in [3.8, 4) is 0 Å². The van der Waals surface area contributed by atoms with Gasteiger partial charge in [0.1, 0.15) is 0 Å². The molecule has 3 N–H and O–H groups in total. The second-order valence-corrected chi connectivity index (χ2v) is 5.77. The molecule has 0 aliphatic carbocycles. The largest absolute Gasteiger partial charge is 0.379 e. The molecule has 1 aliphatic rings. The first kappa shape index (κ1) is 24.6. The first-order chi connectivity index (χ1) is 11.7. The molecule has 0 aromatic heterocycles. The van der Waals surface area contributed by atoms with Crippen molar-refractivity contribution in [2.75, 3.05) is 57.1 Å². The monoisotopic (exact) mass is 406 g/mol. The van der Waals surface area contributed by atoms with Crippen LogP contribution >= 0.6 is 24.8 Å². The molecule has 2 amide bonds. The van der Waals surface area contributed by atoms with Crippen LogP contribution < -0.4 is 16.0 Å². The number of carbonyl (C=O) groups is 2. The Bertz CT molecular complexity index is 537. The zero-order valence-electron chi connectivity index (χ0n) is 15.0. The maximum absolute atomic E-state index is 12.0. The second-order valence-electron chi connectivity index (χ2n) is 5.77. The lowest BCUT2D eigenvalue weighted by molar-refractivity contribution is -0.118. The van der Waals surface area contributed by atoms with Gasteiger partial charge in [0.2, 0.25) is 11.8 Å². The third-order valence-electron chi connectivity index (χ3n) is 3.75.